The van der Waals surface area contributed by atoms with Gasteiger partial charge in [0.05, 0.1) is 7.11 Å². The van der Waals surface area contributed by atoms with Crippen molar-refractivity contribution < 1.29 is 13.9 Å². The van der Waals surface area contributed by atoms with Crippen molar-refractivity contribution in [3.63, 3.8) is 0 Å². The zero-order chi connectivity index (χ0) is 19.0. The highest BCUT2D eigenvalue weighted by Gasteiger charge is 2.19. The van der Waals surface area contributed by atoms with E-state index in [0.29, 0.717) is 5.39 Å². The topological polar surface area (TPSA) is 53.2 Å². The fourth-order valence-electron chi connectivity index (χ4n) is 3.27. The number of methoxy groups -OCH3 is 1. The molecule has 0 N–H and O–H groups in total. The van der Waals surface area contributed by atoms with E-state index >= 15 is 0 Å². The van der Waals surface area contributed by atoms with Crippen LogP contribution in [0.1, 0.15) is 25.6 Å². The van der Waals surface area contributed by atoms with Crippen LogP contribution in [0.3, 0.4) is 0 Å². The molecule has 6 heteroatoms. The zero-order valence-corrected chi connectivity index (χ0v) is 15.2. The smallest absolute Gasteiger partial charge is 0.325 e. The SMILES string of the molecule is COC(=O)Cn1c(C)c(-c2ccc(=O)n(C(C)C)c2)c2cc(F)ccc21. The first-order valence-electron chi connectivity index (χ1n) is 8.41. The molecular weight excluding hydrogens is 335 g/mol. The molecule has 0 spiro atoms. The Bertz CT molecular complexity index is 1050. The molecule has 0 saturated heterocycles. The Kier molecular flexibility index (Phi) is 4.68. The van der Waals surface area contributed by atoms with Crippen LogP contribution in [0.4, 0.5) is 4.39 Å². The third kappa shape index (κ3) is 3.03. The number of rotatable bonds is 4. The fraction of sp³-hybridized carbons (Fsp3) is 0.300. The maximum Gasteiger partial charge on any atom is 0.325 e. The van der Waals surface area contributed by atoms with E-state index in [-0.39, 0.29) is 29.9 Å². The standard InChI is InChI=1S/C20H21FN2O3/c1-12(2)22-10-14(5-8-18(22)24)20-13(3)23(11-19(25)26-4)17-7-6-15(21)9-16(17)20/h5-10,12H,11H2,1-4H3. The molecule has 2 heterocycles. The summed E-state index contributed by atoms with van der Waals surface area (Å²) in [5, 5.41) is 0.695. The number of carbonyl (C=O) groups is 1. The van der Waals surface area contributed by atoms with E-state index in [1.54, 1.807) is 27.5 Å². The molecule has 0 fully saturated rings. The minimum Gasteiger partial charge on any atom is -0.468 e. The molecule has 5 nitrogen and oxygen atoms in total. The van der Waals surface area contributed by atoms with Gasteiger partial charge in [0.25, 0.3) is 5.56 Å². The summed E-state index contributed by atoms with van der Waals surface area (Å²) >= 11 is 0. The second-order valence-electron chi connectivity index (χ2n) is 6.54. The molecule has 136 valence electrons. The lowest BCUT2D eigenvalue weighted by Crippen LogP contribution is -2.20. The Morgan fingerprint density at radius 2 is 1.96 bits per heavy atom. The molecule has 2 aromatic heterocycles. The first-order valence-corrected chi connectivity index (χ1v) is 8.41. The number of hydrogen-bond acceptors (Lipinski definition) is 3. The van der Waals surface area contributed by atoms with Crippen molar-refractivity contribution in [1.29, 1.82) is 0 Å². The Hall–Kier alpha value is -2.89. The van der Waals surface area contributed by atoms with Gasteiger partial charge < -0.3 is 13.9 Å². The molecule has 0 saturated carbocycles. The predicted molar refractivity (Wildman–Crippen MR) is 98.7 cm³/mol. The minimum absolute atomic E-state index is 0.00270. The van der Waals surface area contributed by atoms with Crippen LogP contribution in [-0.2, 0) is 16.1 Å². The van der Waals surface area contributed by atoms with Crippen LogP contribution in [0.25, 0.3) is 22.0 Å². The number of pyridine rings is 1. The third-order valence-corrected chi connectivity index (χ3v) is 4.58. The summed E-state index contributed by atoms with van der Waals surface area (Å²) < 4.78 is 22.1. The number of nitrogens with zero attached hydrogens (tertiary/aromatic N) is 2. The van der Waals surface area contributed by atoms with Gasteiger partial charge in [-0.05, 0) is 45.0 Å². The van der Waals surface area contributed by atoms with Crippen LogP contribution in [0.15, 0.2) is 41.3 Å². The summed E-state index contributed by atoms with van der Waals surface area (Å²) in [5.74, 6) is -0.737. The highest BCUT2D eigenvalue weighted by Crippen LogP contribution is 2.35. The Balaban J connectivity index is 2.31. The van der Waals surface area contributed by atoms with Gasteiger partial charge in [0.15, 0.2) is 0 Å². The summed E-state index contributed by atoms with van der Waals surface area (Å²) in [7, 11) is 1.34. The molecule has 1 aromatic carbocycles. The molecule has 0 atom stereocenters. The second-order valence-corrected chi connectivity index (χ2v) is 6.54. The van der Waals surface area contributed by atoms with E-state index in [4.69, 9.17) is 4.74 Å². The van der Waals surface area contributed by atoms with Crippen LogP contribution < -0.4 is 5.56 Å². The molecular formula is C20H21FN2O3. The Morgan fingerprint density at radius 3 is 2.62 bits per heavy atom. The third-order valence-electron chi connectivity index (χ3n) is 4.58. The van der Waals surface area contributed by atoms with Crippen LogP contribution >= 0.6 is 0 Å². The van der Waals surface area contributed by atoms with E-state index in [0.717, 1.165) is 22.3 Å². The summed E-state index contributed by atoms with van der Waals surface area (Å²) in [6.07, 6.45) is 1.78. The summed E-state index contributed by atoms with van der Waals surface area (Å²) in [4.78, 5) is 23.9. The van der Waals surface area contributed by atoms with E-state index < -0.39 is 0 Å². The lowest BCUT2D eigenvalue weighted by Gasteiger charge is -2.12. The minimum atomic E-state index is -0.381. The van der Waals surface area contributed by atoms with Crippen LogP contribution in [0.5, 0.6) is 0 Å². The quantitative estimate of drug-likeness (QED) is 0.670. The first-order chi connectivity index (χ1) is 12.3. The van der Waals surface area contributed by atoms with Gasteiger partial charge in [-0.3, -0.25) is 9.59 Å². The van der Waals surface area contributed by atoms with Gasteiger partial charge >= 0.3 is 5.97 Å². The van der Waals surface area contributed by atoms with Crippen LogP contribution in [0.2, 0.25) is 0 Å². The van der Waals surface area contributed by atoms with Crippen molar-refractivity contribution in [3.05, 3.63) is 58.4 Å². The van der Waals surface area contributed by atoms with Crippen molar-refractivity contribution >= 4 is 16.9 Å². The Labute approximate surface area is 150 Å². The highest BCUT2D eigenvalue weighted by molar-refractivity contribution is 5.98. The lowest BCUT2D eigenvalue weighted by molar-refractivity contribution is -0.141. The second kappa shape index (κ2) is 6.78. The highest BCUT2D eigenvalue weighted by atomic mass is 19.1. The van der Waals surface area contributed by atoms with Gasteiger partial charge in [-0.2, -0.15) is 0 Å². The van der Waals surface area contributed by atoms with E-state index in [1.807, 2.05) is 20.8 Å². The van der Waals surface area contributed by atoms with Crippen molar-refractivity contribution in [2.75, 3.05) is 7.11 Å². The first kappa shape index (κ1) is 17.9. The maximum absolute atomic E-state index is 13.9. The van der Waals surface area contributed by atoms with E-state index in [9.17, 15) is 14.0 Å². The zero-order valence-electron chi connectivity index (χ0n) is 15.2. The lowest BCUT2D eigenvalue weighted by atomic mass is 10.0. The van der Waals surface area contributed by atoms with Crippen LogP contribution in [0, 0.1) is 12.7 Å². The molecule has 0 radical (unpaired) electrons. The molecule has 0 aliphatic rings. The van der Waals surface area contributed by atoms with Crippen molar-refractivity contribution in [3.8, 4) is 11.1 Å². The van der Waals surface area contributed by atoms with E-state index in [1.165, 1.54) is 25.3 Å². The molecule has 0 aliphatic carbocycles. The van der Waals surface area contributed by atoms with Gasteiger partial charge in [0.1, 0.15) is 12.4 Å². The normalized spacial score (nSPS) is 11.3. The maximum atomic E-state index is 13.9. The number of aromatic nitrogens is 2. The number of hydrogen-bond donors (Lipinski definition) is 0. The molecule has 3 rings (SSSR count). The molecule has 3 aromatic rings. The Morgan fingerprint density at radius 1 is 1.23 bits per heavy atom. The van der Waals surface area contributed by atoms with Crippen molar-refractivity contribution in [1.82, 2.24) is 9.13 Å². The fourth-order valence-corrected chi connectivity index (χ4v) is 3.27. The van der Waals surface area contributed by atoms with Gasteiger partial charge in [0, 0.05) is 46.0 Å². The molecule has 0 unspecified atom stereocenters. The number of benzene rings is 1. The number of carbonyl (C=O) groups excluding carboxylic acids is 1. The molecule has 0 bridgehead atoms. The monoisotopic (exact) mass is 356 g/mol. The number of fused-ring (bicyclic) bond motifs is 1. The van der Waals surface area contributed by atoms with Crippen molar-refractivity contribution in [2.24, 2.45) is 0 Å². The number of halogens is 1. The van der Waals surface area contributed by atoms with Crippen molar-refractivity contribution in [2.45, 2.75) is 33.4 Å². The molecule has 26 heavy (non-hydrogen) atoms. The van der Waals surface area contributed by atoms with E-state index in [2.05, 4.69) is 0 Å². The van der Waals surface area contributed by atoms with Gasteiger partial charge in [0.2, 0.25) is 0 Å². The summed E-state index contributed by atoms with van der Waals surface area (Å²) in [5.41, 5.74) is 3.07. The number of ether oxygens (including phenoxy) is 1. The molecule has 0 aliphatic heterocycles. The van der Waals surface area contributed by atoms with Gasteiger partial charge in [-0.15, -0.1) is 0 Å². The number of esters is 1. The summed E-state index contributed by atoms with van der Waals surface area (Å²) in [6.45, 7) is 5.77. The summed E-state index contributed by atoms with van der Waals surface area (Å²) in [6, 6.07) is 7.73. The molecule has 0 amide bonds. The van der Waals surface area contributed by atoms with Gasteiger partial charge in [-0.1, -0.05) is 0 Å². The predicted octanol–water partition coefficient (Wildman–Crippen LogP) is 3.67. The average Bonchev–Trinajstić information content (AvgIpc) is 2.86. The average molecular weight is 356 g/mol. The van der Waals surface area contributed by atoms with Crippen LogP contribution in [-0.4, -0.2) is 22.2 Å². The van der Waals surface area contributed by atoms with Gasteiger partial charge in [-0.25, -0.2) is 4.39 Å². The largest absolute Gasteiger partial charge is 0.468 e.